The molecule has 2 nitrogen and oxygen atoms in total. The summed E-state index contributed by atoms with van der Waals surface area (Å²) in [5.41, 5.74) is 2.79. The minimum Gasteiger partial charge on any atom is -0.268 e. The second-order valence-electron chi connectivity index (χ2n) is 5.81. The maximum Gasteiger partial charge on any atom is 0.270 e. The summed E-state index contributed by atoms with van der Waals surface area (Å²) in [4.78, 5) is 14.6. The summed E-state index contributed by atoms with van der Waals surface area (Å²) in [6.07, 6.45) is 1.84. The van der Waals surface area contributed by atoms with Gasteiger partial charge in [0.25, 0.3) is 5.91 Å². The molecule has 122 valence electrons. The highest BCUT2D eigenvalue weighted by atomic mass is 32.2. The molecule has 0 radical (unpaired) electrons. The molecule has 0 saturated carbocycles. The molecule has 1 saturated heterocycles. The normalized spacial score (nSPS) is 16.5. The van der Waals surface area contributed by atoms with Crippen molar-refractivity contribution in [3.05, 3.63) is 70.4 Å². The number of benzene rings is 2. The van der Waals surface area contributed by atoms with Crippen LogP contribution in [-0.4, -0.2) is 10.2 Å². The van der Waals surface area contributed by atoms with Gasteiger partial charge in [0, 0.05) is 0 Å². The van der Waals surface area contributed by atoms with E-state index >= 15 is 0 Å². The van der Waals surface area contributed by atoms with Gasteiger partial charge in [-0.15, -0.1) is 0 Å². The van der Waals surface area contributed by atoms with Gasteiger partial charge < -0.3 is 0 Å². The first-order valence-electron chi connectivity index (χ1n) is 7.59. The van der Waals surface area contributed by atoms with E-state index in [4.69, 9.17) is 12.2 Å². The van der Waals surface area contributed by atoms with Crippen LogP contribution in [-0.2, 0) is 4.79 Å². The second-order valence-corrected chi connectivity index (χ2v) is 7.49. The molecular weight excluding hydrogens is 341 g/mol. The fraction of sp³-hybridized carbons (Fsp3) is 0.158. The molecule has 1 aliphatic rings. The van der Waals surface area contributed by atoms with Crippen LogP contribution in [0, 0.1) is 5.82 Å². The number of hydrogen-bond donors (Lipinski definition) is 0. The van der Waals surface area contributed by atoms with E-state index in [1.165, 1.54) is 34.4 Å². The van der Waals surface area contributed by atoms with Crippen molar-refractivity contribution < 1.29 is 9.18 Å². The van der Waals surface area contributed by atoms with E-state index < -0.39 is 0 Å². The van der Waals surface area contributed by atoms with Gasteiger partial charge >= 0.3 is 0 Å². The molecular formula is C19H16FNOS2. The fourth-order valence-electron chi connectivity index (χ4n) is 2.41. The molecule has 0 N–H and O–H groups in total. The maximum absolute atomic E-state index is 13.1. The van der Waals surface area contributed by atoms with Crippen molar-refractivity contribution in [3.63, 3.8) is 0 Å². The Morgan fingerprint density at radius 1 is 1.08 bits per heavy atom. The van der Waals surface area contributed by atoms with E-state index in [2.05, 4.69) is 26.0 Å². The standard InChI is InChI=1S/C19H16FNOS2/c1-12(2)14-5-3-13(4-6-14)11-17-18(22)21(19(23)24-17)16-9-7-15(20)8-10-16/h3-12H,1-2H3/b17-11+. The summed E-state index contributed by atoms with van der Waals surface area (Å²) in [5.74, 6) is -0.0507. The van der Waals surface area contributed by atoms with Gasteiger partial charge in [-0.2, -0.15) is 0 Å². The molecule has 2 aromatic carbocycles. The monoisotopic (exact) mass is 357 g/mol. The molecule has 3 rings (SSSR count). The maximum atomic E-state index is 13.1. The zero-order valence-corrected chi connectivity index (χ0v) is 15.0. The number of nitrogens with zero attached hydrogens (tertiary/aromatic N) is 1. The summed E-state index contributed by atoms with van der Waals surface area (Å²) in [6, 6.07) is 13.9. The predicted octanol–water partition coefficient (Wildman–Crippen LogP) is 5.35. The minimum absolute atomic E-state index is 0.176. The highest BCUT2D eigenvalue weighted by Crippen LogP contribution is 2.36. The van der Waals surface area contributed by atoms with Crippen LogP contribution in [0.4, 0.5) is 10.1 Å². The molecule has 1 aliphatic heterocycles. The van der Waals surface area contributed by atoms with Crippen LogP contribution in [0.5, 0.6) is 0 Å². The Balaban J connectivity index is 1.86. The molecule has 1 amide bonds. The van der Waals surface area contributed by atoms with E-state index in [0.717, 1.165) is 5.56 Å². The molecule has 0 atom stereocenters. The molecule has 0 aromatic heterocycles. The molecule has 2 aromatic rings. The predicted molar refractivity (Wildman–Crippen MR) is 103 cm³/mol. The van der Waals surface area contributed by atoms with E-state index in [1.807, 2.05) is 18.2 Å². The minimum atomic E-state index is -0.343. The van der Waals surface area contributed by atoms with Gasteiger partial charge in [-0.05, 0) is 47.4 Å². The van der Waals surface area contributed by atoms with Crippen LogP contribution >= 0.6 is 24.0 Å². The van der Waals surface area contributed by atoms with Gasteiger partial charge in [-0.25, -0.2) is 4.39 Å². The van der Waals surface area contributed by atoms with Gasteiger partial charge in [-0.3, -0.25) is 9.69 Å². The Morgan fingerprint density at radius 3 is 2.29 bits per heavy atom. The lowest BCUT2D eigenvalue weighted by molar-refractivity contribution is -0.113. The van der Waals surface area contributed by atoms with Crippen LogP contribution in [0.25, 0.3) is 6.08 Å². The van der Waals surface area contributed by atoms with Gasteiger partial charge in [-0.1, -0.05) is 62.1 Å². The molecule has 1 heterocycles. The number of thiocarbonyl (C=S) groups is 1. The molecule has 24 heavy (non-hydrogen) atoms. The Morgan fingerprint density at radius 2 is 1.71 bits per heavy atom. The third-order valence-electron chi connectivity index (χ3n) is 3.78. The van der Waals surface area contributed by atoms with Crippen LogP contribution in [0.15, 0.2) is 53.4 Å². The number of hydrogen-bond acceptors (Lipinski definition) is 3. The van der Waals surface area contributed by atoms with E-state index in [0.29, 0.717) is 20.8 Å². The van der Waals surface area contributed by atoms with Gasteiger partial charge in [0.2, 0.25) is 0 Å². The highest BCUT2D eigenvalue weighted by molar-refractivity contribution is 8.27. The lowest BCUT2D eigenvalue weighted by Crippen LogP contribution is -2.27. The number of amides is 1. The van der Waals surface area contributed by atoms with Crippen molar-refractivity contribution in [3.8, 4) is 0 Å². The first-order valence-corrected chi connectivity index (χ1v) is 8.81. The van der Waals surface area contributed by atoms with Crippen molar-refractivity contribution in [2.75, 3.05) is 4.90 Å². The Labute approximate surface area is 150 Å². The van der Waals surface area contributed by atoms with Crippen molar-refractivity contribution in [2.24, 2.45) is 0 Å². The summed E-state index contributed by atoms with van der Waals surface area (Å²) in [7, 11) is 0. The number of carbonyl (C=O) groups excluding carboxylic acids is 1. The molecule has 0 bridgehead atoms. The Kier molecular flexibility index (Phi) is 4.83. The number of rotatable bonds is 3. The summed E-state index contributed by atoms with van der Waals surface area (Å²) in [5, 5.41) is 0. The van der Waals surface area contributed by atoms with Gasteiger partial charge in [0.1, 0.15) is 5.82 Å². The van der Waals surface area contributed by atoms with Crippen LogP contribution < -0.4 is 4.90 Å². The SMILES string of the molecule is CC(C)c1ccc(/C=C2/SC(=S)N(c3ccc(F)cc3)C2=O)cc1. The summed E-state index contributed by atoms with van der Waals surface area (Å²) < 4.78 is 13.5. The van der Waals surface area contributed by atoms with Crippen molar-refractivity contribution in [1.82, 2.24) is 0 Å². The first kappa shape index (κ1) is 16.9. The van der Waals surface area contributed by atoms with Crippen molar-refractivity contribution in [1.29, 1.82) is 0 Å². The lowest BCUT2D eigenvalue weighted by Gasteiger charge is -2.14. The fourth-order valence-corrected chi connectivity index (χ4v) is 3.71. The summed E-state index contributed by atoms with van der Waals surface area (Å²) in [6.45, 7) is 4.28. The molecule has 5 heteroatoms. The average molecular weight is 357 g/mol. The largest absolute Gasteiger partial charge is 0.270 e. The number of carbonyl (C=O) groups is 1. The molecule has 0 spiro atoms. The average Bonchev–Trinajstić information content (AvgIpc) is 2.83. The highest BCUT2D eigenvalue weighted by Gasteiger charge is 2.33. The first-order chi connectivity index (χ1) is 11.5. The topological polar surface area (TPSA) is 20.3 Å². The van der Waals surface area contributed by atoms with Crippen LogP contribution in [0.2, 0.25) is 0 Å². The smallest absolute Gasteiger partial charge is 0.268 e. The Bertz CT molecular complexity index is 810. The zero-order chi connectivity index (χ0) is 17.3. The number of halogens is 1. The van der Waals surface area contributed by atoms with Crippen molar-refractivity contribution >= 4 is 46.0 Å². The number of thioether (sulfide) groups is 1. The third-order valence-corrected chi connectivity index (χ3v) is 5.08. The second kappa shape index (κ2) is 6.87. The summed E-state index contributed by atoms with van der Waals surface area (Å²) >= 11 is 6.58. The third kappa shape index (κ3) is 3.42. The zero-order valence-electron chi connectivity index (χ0n) is 13.3. The van der Waals surface area contributed by atoms with Crippen LogP contribution in [0.3, 0.4) is 0 Å². The number of anilines is 1. The molecule has 0 aliphatic carbocycles. The van der Waals surface area contributed by atoms with Crippen LogP contribution in [0.1, 0.15) is 30.9 Å². The van der Waals surface area contributed by atoms with Gasteiger partial charge in [0.05, 0.1) is 10.6 Å². The van der Waals surface area contributed by atoms with Crippen molar-refractivity contribution in [2.45, 2.75) is 19.8 Å². The lowest BCUT2D eigenvalue weighted by atomic mass is 10.0. The molecule has 1 fully saturated rings. The van der Waals surface area contributed by atoms with E-state index in [9.17, 15) is 9.18 Å². The quantitative estimate of drug-likeness (QED) is 0.545. The van der Waals surface area contributed by atoms with E-state index in [-0.39, 0.29) is 11.7 Å². The Hall–Kier alpha value is -1.98. The van der Waals surface area contributed by atoms with Gasteiger partial charge in [0.15, 0.2) is 4.32 Å². The molecule has 0 unspecified atom stereocenters. The van der Waals surface area contributed by atoms with E-state index in [1.54, 1.807) is 12.1 Å².